The van der Waals surface area contributed by atoms with Crippen molar-refractivity contribution in [2.45, 2.75) is 78.5 Å². The maximum absolute atomic E-state index is 2.62. The fraction of sp³-hybridized carbons (Fsp3) is 0.478. The molecule has 0 amide bonds. The van der Waals surface area contributed by atoms with Crippen LogP contribution in [0.15, 0.2) is 9.79 Å². The molecular weight excluding hydrogens is 322 g/mol. The Morgan fingerprint density at radius 1 is 0.560 bits per heavy atom. The van der Waals surface area contributed by atoms with Gasteiger partial charge in [0.1, 0.15) is 0 Å². The van der Waals surface area contributed by atoms with Gasteiger partial charge in [0.05, 0.1) is 11.4 Å². The Labute approximate surface area is 157 Å². The van der Waals surface area contributed by atoms with Gasteiger partial charge in [-0.1, -0.05) is 18.7 Å². The first-order chi connectivity index (χ1) is 11.7. The molecule has 0 unspecified atom stereocenters. The fourth-order valence-electron chi connectivity index (χ4n) is 4.08. The topological polar surface area (TPSA) is 3.24 Å². The lowest BCUT2D eigenvalue weighted by atomic mass is 9.93. The molecule has 0 aromatic heterocycles. The second-order valence-corrected chi connectivity index (χ2v) is 8.63. The molecule has 0 spiro atoms. The van der Waals surface area contributed by atoms with Gasteiger partial charge in [0.15, 0.2) is 0 Å². The highest BCUT2D eigenvalue weighted by molar-refractivity contribution is 7.99. The first-order valence-corrected chi connectivity index (χ1v) is 10.2. The first-order valence-electron chi connectivity index (χ1n) is 9.38. The molecule has 1 nitrogen and oxygen atoms in total. The number of nitrogens with zero attached hydrogens (tertiary/aromatic N) is 1. The average Bonchev–Trinajstić information content (AvgIpc) is 2.60. The Balaban J connectivity index is 2.42. The van der Waals surface area contributed by atoms with Crippen LogP contribution in [0.1, 0.15) is 57.9 Å². The number of anilines is 2. The predicted octanol–water partition coefficient (Wildman–Crippen LogP) is 7.17. The van der Waals surface area contributed by atoms with E-state index in [1.807, 2.05) is 11.8 Å². The van der Waals surface area contributed by atoms with Gasteiger partial charge in [-0.25, -0.2) is 0 Å². The van der Waals surface area contributed by atoms with Gasteiger partial charge in [0.2, 0.25) is 0 Å². The van der Waals surface area contributed by atoms with Gasteiger partial charge in [-0.15, -0.1) is 0 Å². The number of benzene rings is 2. The Kier molecular flexibility index (Phi) is 4.70. The summed E-state index contributed by atoms with van der Waals surface area (Å²) in [6.07, 6.45) is 1.15. The highest BCUT2D eigenvalue weighted by Gasteiger charge is 2.31. The molecular formula is C23H31NS. The van der Waals surface area contributed by atoms with E-state index < -0.39 is 0 Å². The van der Waals surface area contributed by atoms with E-state index in [1.165, 1.54) is 65.7 Å². The van der Waals surface area contributed by atoms with Gasteiger partial charge in [0, 0.05) is 16.3 Å². The monoisotopic (exact) mass is 353 g/mol. The normalized spacial score (nSPS) is 13.1. The van der Waals surface area contributed by atoms with Gasteiger partial charge in [-0.2, -0.15) is 0 Å². The summed E-state index contributed by atoms with van der Waals surface area (Å²) < 4.78 is 0. The lowest BCUT2D eigenvalue weighted by Gasteiger charge is -2.39. The zero-order valence-electron chi connectivity index (χ0n) is 17.3. The molecule has 0 fully saturated rings. The summed E-state index contributed by atoms with van der Waals surface area (Å²) >= 11 is 2.00. The molecule has 0 bridgehead atoms. The van der Waals surface area contributed by atoms with Gasteiger partial charge < -0.3 is 4.90 Å². The smallest absolute Gasteiger partial charge is 0.0588 e. The lowest BCUT2D eigenvalue weighted by molar-refractivity contribution is 0.848. The van der Waals surface area contributed by atoms with Gasteiger partial charge in [0.25, 0.3) is 0 Å². The molecule has 1 aliphatic rings. The van der Waals surface area contributed by atoms with Crippen LogP contribution < -0.4 is 4.90 Å². The maximum atomic E-state index is 2.62. The van der Waals surface area contributed by atoms with Crippen molar-refractivity contribution in [3.8, 4) is 0 Å². The van der Waals surface area contributed by atoms with Crippen molar-refractivity contribution in [1.82, 2.24) is 0 Å². The summed E-state index contributed by atoms with van der Waals surface area (Å²) in [5, 5.41) is 0. The highest BCUT2D eigenvalue weighted by atomic mass is 32.2. The lowest BCUT2D eigenvalue weighted by Crippen LogP contribution is -2.25. The van der Waals surface area contributed by atoms with E-state index in [1.54, 1.807) is 0 Å². The highest BCUT2D eigenvalue weighted by Crippen LogP contribution is 2.55. The Morgan fingerprint density at radius 3 is 1.28 bits per heavy atom. The number of fused-ring (bicyclic) bond motifs is 2. The molecule has 0 aliphatic carbocycles. The summed E-state index contributed by atoms with van der Waals surface area (Å²) in [5.74, 6) is 0. The van der Waals surface area contributed by atoms with E-state index in [0.717, 1.165) is 13.0 Å². The Bertz CT molecular complexity index is 808. The fourth-order valence-corrected chi connectivity index (χ4v) is 5.61. The van der Waals surface area contributed by atoms with Crippen LogP contribution in [0.2, 0.25) is 0 Å². The van der Waals surface area contributed by atoms with Crippen LogP contribution in [0.5, 0.6) is 0 Å². The summed E-state index contributed by atoms with van der Waals surface area (Å²) in [7, 11) is 0. The molecule has 0 atom stereocenters. The third-order valence-corrected chi connectivity index (χ3v) is 7.80. The van der Waals surface area contributed by atoms with Crippen LogP contribution in [-0.2, 0) is 0 Å². The van der Waals surface area contributed by atoms with Crippen LogP contribution in [0.25, 0.3) is 0 Å². The molecule has 1 heterocycles. The quantitative estimate of drug-likeness (QED) is 0.563. The van der Waals surface area contributed by atoms with E-state index in [-0.39, 0.29) is 0 Å². The second kappa shape index (κ2) is 6.39. The average molecular weight is 354 g/mol. The van der Waals surface area contributed by atoms with Gasteiger partial charge >= 0.3 is 0 Å². The minimum atomic E-state index is 1.08. The molecule has 0 saturated heterocycles. The molecule has 0 N–H and O–H groups in total. The summed E-state index contributed by atoms with van der Waals surface area (Å²) in [5.41, 5.74) is 14.5. The van der Waals surface area contributed by atoms with Crippen molar-refractivity contribution in [2.24, 2.45) is 0 Å². The Morgan fingerprint density at radius 2 is 0.920 bits per heavy atom. The molecule has 1 aliphatic heterocycles. The minimum absolute atomic E-state index is 1.08. The SMILES string of the molecule is CCCN1c2c(C)c(C)c(C)c(C)c2Sc2c(C)c(C)c(C)c(C)c21. The van der Waals surface area contributed by atoms with Crippen molar-refractivity contribution in [3.05, 3.63) is 44.5 Å². The van der Waals surface area contributed by atoms with Crippen LogP contribution >= 0.6 is 11.8 Å². The van der Waals surface area contributed by atoms with Crippen LogP contribution in [0, 0.1) is 55.4 Å². The minimum Gasteiger partial charge on any atom is -0.339 e. The van der Waals surface area contributed by atoms with Crippen LogP contribution in [0.3, 0.4) is 0 Å². The number of rotatable bonds is 2. The van der Waals surface area contributed by atoms with Crippen molar-refractivity contribution >= 4 is 23.1 Å². The standard InChI is InChI=1S/C23H31NS/c1-10-11-24-20-16(6)12(2)14(4)18(8)22(20)25-23-19(9)15(5)13(3)17(7)21(23)24/h10-11H2,1-9H3. The molecule has 0 saturated carbocycles. The molecule has 3 rings (SSSR count). The molecule has 25 heavy (non-hydrogen) atoms. The van der Waals surface area contributed by atoms with Crippen molar-refractivity contribution in [3.63, 3.8) is 0 Å². The second-order valence-electron chi connectivity index (χ2n) is 7.61. The van der Waals surface area contributed by atoms with Crippen molar-refractivity contribution in [2.75, 3.05) is 11.4 Å². The summed E-state index contributed by atoms with van der Waals surface area (Å²) in [4.78, 5) is 5.55. The van der Waals surface area contributed by atoms with Crippen LogP contribution in [-0.4, -0.2) is 6.54 Å². The molecule has 2 aromatic carbocycles. The van der Waals surface area contributed by atoms with Crippen LogP contribution in [0.4, 0.5) is 11.4 Å². The zero-order chi connectivity index (χ0) is 18.6. The van der Waals surface area contributed by atoms with Gasteiger partial charge in [-0.05, 0) is 106 Å². The first kappa shape index (κ1) is 18.4. The van der Waals surface area contributed by atoms with E-state index in [9.17, 15) is 0 Å². The third-order valence-electron chi connectivity index (χ3n) is 6.39. The summed E-state index contributed by atoms with van der Waals surface area (Å²) in [6.45, 7) is 21.7. The third kappa shape index (κ3) is 2.52. The summed E-state index contributed by atoms with van der Waals surface area (Å²) in [6, 6.07) is 0. The maximum Gasteiger partial charge on any atom is 0.0588 e. The molecule has 2 aromatic rings. The van der Waals surface area contributed by atoms with E-state index in [4.69, 9.17) is 0 Å². The molecule has 0 radical (unpaired) electrons. The zero-order valence-corrected chi connectivity index (χ0v) is 18.1. The molecule has 134 valence electrons. The van der Waals surface area contributed by atoms with Crippen molar-refractivity contribution in [1.29, 1.82) is 0 Å². The Hall–Kier alpha value is -1.41. The van der Waals surface area contributed by atoms with E-state index in [0.29, 0.717) is 0 Å². The molecule has 2 heteroatoms. The number of hydrogen-bond donors (Lipinski definition) is 0. The largest absolute Gasteiger partial charge is 0.339 e. The predicted molar refractivity (Wildman–Crippen MR) is 112 cm³/mol. The number of hydrogen-bond acceptors (Lipinski definition) is 2. The van der Waals surface area contributed by atoms with E-state index in [2.05, 4.69) is 67.2 Å². The van der Waals surface area contributed by atoms with Gasteiger partial charge in [-0.3, -0.25) is 0 Å². The van der Waals surface area contributed by atoms with Crippen molar-refractivity contribution < 1.29 is 0 Å². The van der Waals surface area contributed by atoms with E-state index >= 15 is 0 Å².